The average molecular weight is 242 g/mol. The van der Waals surface area contributed by atoms with Crippen molar-refractivity contribution in [3.8, 4) is 17.0 Å². The number of methoxy groups -OCH3 is 1. The van der Waals surface area contributed by atoms with E-state index in [1.165, 1.54) is 0 Å². The first kappa shape index (κ1) is 10.8. The van der Waals surface area contributed by atoms with Crippen LogP contribution in [0.25, 0.3) is 22.2 Å². The third-order valence-corrected chi connectivity index (χ3v) is 2.99. The number of nitrogens with two attached hydrogens (primary N) is 1. The van der Waals surface area contributed by atoms with Crippen LogP contribution < -0.4 is 10.5 Å². The number of anilines is 1. The largest absolute Gasteiger partial charge is 0.493 e. The van der Waals surface area contributed by atoms with Gasteiger partial charge in [0.1, 0.15) is 5.76 Å². The van der Waals surface area contributed by atoms with Crippen molar-refractivity contribution < 1.29 is 9.15 Å². The van der Waals surface area contributed by atoms with Gasteiger partial charge in [0.25, 0.3) is 0 Å². The van der Waals surface area contributed by atoms with E-state index in [0.29, 0.717) is 5.69 Å². The molecule has 3 rings (SSSR count). The third kappa shape index (κ3) is 1.54. The molecule has 3 aromatic rings. The highest BCUT2D eigenvalue weighted by molar-refractivity contribution is 5.97. The smallest absolute Gasteiger partial charge is 0.176 e. The molecule has 4 heteroatoms. The van der Waals surface area contributed by atoms with E-state index in [1.54, 1.807) is 13.3 Å². The quantitative estimate of drug-likeness (QED) is 0.724. The lowest BCUT2D eigenvalue weighted by Gasteiger charge is -2.04. The number of benzene rings is 1. The Bertz CT molecular complexity index is 710. The molecule has 0 saturated heterocycles. The van der Waals surface area contributed by atoms with Gasteiger partial charge in [-0.1, -0.05) is 0 Å². The Hall–Kier alpha value is -2.36. The first-order chi connectivity index (χ1) is 8.69. The van der Waals surface area contributed by atoms with Gasteiger partial charge in [-0.15, -0.1) is 0 Å². The Balaban J connectivity index is 2.30. The lowest BCUT2D eigenvalue weighted by atomic mass is 10.1. The molecular formula is C14H14N2O2. The molecule has 1 aromatic carbocycles. The number of hydrogen-bond acceptors (Lipinski definition) is 3. The van der Waals surface area contributed by atoms with Crippen molar-refractivity contribution in [2.75, 3.05) is 12.8 Å². The van der Waals surface area contributed by atoms with Crippen LogP contribution >= 0.6 is 0 Å². The maximum absolute atomic E-state index is 5.74. The van der Waals surface area contributed by atoms with Crippen LogP contribution in [0.15, 0.2) is 34.9 Å². The fraction of sp³-hybridized carbons (Fsp3) is 0.143. The minimum atomic E-state index is 0.717. The second-order valence-electron chi connectivity index (χ2n) is 4.26. The number of furan rings is 1. The van der Waals surface area contributed by atoms with Crippen LogP contribution in [-0.2, 0) is 0 Å². The van der Waals surface area contributed by atoms with Crippen molar-refractivity contribution in [1.29, 1.82) is 0 Å². The van der Waals surface area contributed by atoms with Gasteiger partial charge < -0.3 is 19.9 Å². The molecule has 4 nitrogen and oxygen atoms in total. The van der Waals surface area contributed by atoms with Crippen LogP contribution in [0.2, 0.25) is 0 Å². The lowest BCUT2D eigenvalue weighted by Crippen LogP contribution is -1.85. The van der Waals surface area contributed by atoms with Crippen molar-refractivity contribution in [3.05, 3.63) is 36.2 Å². The SMILES string of the molecule is COc1ccc(-c2cc(N)c[nH]2)c2cc(C)oc12. The highest BCUT2D eigenvalue weighted by Gasteiger charge is 2.13. The zero-order valence-corrected chi connectivity index (χ0v) is 10.3. The van der Waals surface area contributed by atoms with E-state index in [0.717, 1.165) is 33.7 Å². The summed E-state index contributed by atoms with van der Waals surface area (Å²) >= 11 is 0. The lowest BCUT2D eigenvalue weighted by molar-refractivity contribution is 0.409. The molecule has 0 aliphatic carbocycles. The number of rotatable bonds is 2. The van der Waals surface area contributed by atoms with Crippen LogP contribution in [0.3, 0.4) is 0 Å². The monoisotopic (exact) mass is 242 g/mol. The Kier molecular flexibility index (Phi) is 2.30. The van der Waals surface area contributed by atoms with Crippen LogP contribution in [0.1, 0.15) is 5.76 Å². The summed E-state index contributed by atoms with van der Waals surface area (Å²) in [4.78, 5) is 3.15. The molecule has 0 fully saturated rings. The van der Waals surface area contributed by atoms with Crippen molar-refractivity contribution in [2.24, 2.45) is 0 Å². The van der Waals surface area contributed by atoms with Gasteiger partial charge in [0, 0.05) is 28.5 Å². The third-order valence-electron chi connectivity index (χ3n) is 2.99. The summed E-state index contributed by atoms with van der Waals surface area (Å²) in [5.41, 5.74) is 9.25. The summed E-state index contributed by atoms with van der Waals surface area (Å²) < 4.78 is 11.0. The molecule has 0 aliphatic heterocycles. The summed E-state index contributed by atoms with van der Waals surface area (Å²) in [6, 6.07) is 7.81. The first-order valence-corrected chi connectivity index (χ1v) is 5.70. The summed E-state index contributed by atoms with van der Waals surface area (Å²) in [5.74, 6) is 1.59. The Labute approximate surface area is 104 Å². The number of hydrogen-bond donors (Lipinski definition) is 2. The number of aromatic amines is 1. The number of nitrogens with one attached hydrogen (secondary N) is 1. The molecule has 3 N–H and O–H groups in total. The van der Waals surface area contributed by atoms with Gasteiger partial charge in [-0.05, 0) is 31.2 Å². The van der Waals surface area contributed by atoms with Gasteiger partial charge >= 0.3 is 0 Å². The van der Waals surface area contributed by atoms with Crippen molar-refractivity contribution in [2.45, 2.75) is 6.92 Å². The van der Waals surface area contributed by atoms with E-state index in [2.05, 4.69) is 4.98 Å². The maximum atomic E-state index is 5.74. The van der Waals surface area contributed by atoms with E-state index < -0.39 is 0 Å². The Morgan fingerprint density at radius 1 is 1.28 bits per heavy atom. The molecule has 2 aromatic heterocycles. The molecule has 0 unspecified atom stereocenters. The predicted molar refractivity (Wildman–Crippen MR) is 71.7 cm³/mol. The first-order valence-electron chi connectivity index (χ1n) is 5.70. The topological polar surface area (TPSA) is 64.2 Å². The molecule has 0 amide bonds. The summed E-state index contributed by atoms with van der Waals surface area (Å²) in [6.45, 7) is 1.92. The highest BCUT2D eigenvalue weighted by Crippen LogP contribution is 2.36. The van der Waals surface area contributed by atoms with Crippen molar-refractivity contribution >= 4 is 16.7 Å². The molecule has 0 radical (unpaired) electrons. The summed E-state index contributed by atoms with van der Waals surface area (Å²) in [5, 5.41) is 1.02. The number of nitrogen functional groups attached to an aromatic ring is 1. The standard InChI is InChI=1S/C14H14N2O2/c1-8-5-11-10(12-6-9(15)7-16-12)3-4-13(17-2)14(11)18-8/h3-7,16H,15H2,1-2H3. The fourth-order valence-electron chi connectivity index (χ4n) is 2.18. The molecule has 0 aliphatic rings. The number of ether oxygens (including phenoxy) is 1. The van der Waals surface area contributed by atoms with Crippen LogP contribution in [-0.4, -0.2) is 12.1 Å². The minimum Gasteiger partial charge on any atom is -0.493 e. The van der Waals surface area contributed by atoms with Gasteiger partial charge in [0.15, 0.2) is 11.3 Å². The highest BCUT2D eigenvalue weighted by atomic mass is 16.5. The predicted octanol–water partition coefficient (Wildman–Crippen LogP) is 3.33. The van der Waals surface area contributed by atoms with Crippen molar-refractivity contribution in [3.63, 3.8) is 0 Å². The number of H-pyrrole nitrogens is 1. The van der Waals surface area contributed by atoms with Crippen LogP contribution in [0.5, 0.6) is 5.75 Å². The van der Waals surface area contributed by atoms with E-state index in [4.69, 9.17) is 14.9 Å². The minimum absolute atomic E-state index is 0.717. The normalized spacial score (nSPS) is 11.0. The zero-order chi connectivity index (χ0) is 12.7. The van der Waals surface area contributed by atoms with E-state index in [-0.39, 0.29) is 0 Å². The zero-order valence-electron chi connectivity index (χ0n) is 10.3. The summed E-state index contributed by atoms with van der Waals surface area (Å²) in [6.07, 6.45) is 1.78. The molecule has 0 saturated carbocycles. The second kappa shape index (κ2) is 3.84. The number of aromatic nitrogens is 1. The fourth-order valence-corrected chi connectivity index (χ4v) is 2.18. The number of fused-ring (bicyclic) bond motifs is 1. The molecule has 92 valence electrons. The molecule has 0 spiro atoms. The van der Waals surface area contributed by atoms with E-state index >= 15 is 0 Å². The Morgan fingerprint density at radius 3 is 2.78 bits per heavy atom. The van der Waals surface area contributed by atoms with E-state index in [9.17, 15) is 0 Å². The van der Waals surface area contributed by atoms with Gasteiger partial charge in [-0.2, -0.15) is 0 Å². The molecule has 0 atom stereocenters. The van der Waals surface area contributed by atoms with Crippen LogP contribution in [0.4, 0.5) is 5.69 Å². The molecule has 18 heavy (non-hydrogen) atoms. The molecule has 2 heterocycles. The van der Waals surface area contributed by atoms with E-state index in [1.807, 2.05) is 31.2 Å². The Morgan fingerprint density at radius 2 is 2.11 bits per heavy atom. The molecule has 0 bridgehead atoms. The number of aryl methyl sites for hydroxylation is 1. The second-order valence-corrected chi connectivity index (χ2v) is 4.26. The summed E-state index contributed by atoms with van der Waals surface area (Å²) in [7, 11) is 1.64. The average Bonchev–Trinajstić information content (AvgIpc) is 2.93. The van der Waals surface area contributed by atoms with Crippen molar-refractivity contribution in [1.82, 2.24) is 4.98 Å². The van der Waals surface area contributed by atoms with Gasteiger partial charge in [-0.3, -0.25) is 0 Å². The van der Waals surface area contributed by atoms with Gasteiger partial charge in [-0.25, -0.2) is 0 Å². The maximum Gasteiger partial charge on any atom is 0.176 e. The van der Waals surface area contributed by atoms with Gasteiger partial charge in [0.2, 0.25) is 0 Å². The van der Waals surface area contributed by atoms with Gasteiger partial charge in [0.05, 0.1) is 7.11 Å². The molecular weight excluding hydrogens is 228 g/mol. The van der Waals surface area contributed by atoms with Crippen LogP contribution in [0, 0.1) is 6.92 Å².